The van der Waals surface area contributed by atoms with Crippen LogP contribution < -0.4 is 10.7 Å². The van der Waals surface area contributed by atoms with Crippen LogP contribution in [0.1, 0.15) is 22.3 Å². The highest BCUT2D eigenvalue weighted by molar-refractivity contribution is 7.17. The highest BCUT2D eigenvalue weighted by Gasteiger charge is 2.15. The van der Waals surface area contributed by atoms with Crippen LogP contribution in [0.3, 0.4) is 0 Å². The predicted molar refractivity (Wildman–Crippen MR) is 93.7 cm³/mol. The molecule has 1 N–H and O–H groups in total. The first-order valence-corrected chi connectivity index (χ1v) is 8.24. The van der Waals surface area contributed by atoms with E-state index in [-0.39, 0.29) is 28.7 Å². The topological polar surface area (TPSA) is 81.1 Å². The van der Waals surface area contributed by atoms with E-state index in [0.717, 1.165) is 11.3 Å². The van der Waals surface area contributed by atoms with Crippen molar-refractivity contribution < 1.29 is 14.0 Å². The van der Waals surface area contributed by atoms with E-state index in [0.29, 0.717) is 15.7 Å². The number of amides is 1. The molecule has 0 aliphatic carbocycles. The van der Waals surface area contributed by atoms with Crippen molar-refractivity contribution in [2.24, 2.45) is 0 Å². The van der Waals surface area contributed by atoms with Crippen molar-refractivity contribution in [3.63, 3.8) is 0 Å². The van der Waals surface area contributed by atoms with E-state index in [1.807, 2.05) is 0 Å². The Hall–Kier alpha value is -2.87. The number of aryl methyl sites for hydroxylation is 1. The lowest BCUT2D eigenvalue weighted by Crippen LogP contribution is -2.20. The number of rotatable bonds is 4. The van der Waals surface area contributed by atoms with Gasteiger partial charge in [-0.2, -0.15) is 0 Å². The Morgan fingerprint density at radius 2 is 2.08 bits per heavy atom. The number of Topliss-reactive ketones (excluding diaryl/α,β-unsaturated/α-hetero) is 1. The fourth-order valence-electron chi connectivity index (χ4n) is 2.55. The van der Waals surface area contributed by atoms with Gasteiger partial charge in [0.25, 0.3) is 0 Å². The zero-order valence-corrected chi connectivity index (χ0v) is 14.3. The Labute approximate surface area is 145 Å². The molecule has 0 aliphatic rings. The summed E-state index contributed by atoms with van der Waals surface area (Å²) in [6.07, 6.45) is 1.38. The minimum absolute atomic E-state index is 0.0740. The first-order valence-electron chi connectivity index (χ1n) is 7.42. The lowest BCUT2D eigenvalue weighted by atomic mass is 10.2. The Kier molecular flexibility index (Phi) is 4.45. The molecule has 0 unspecified atom stereocenters. The van der Waals surface area contributed by atoms with Crippen LogP contribution in [0.2, 0.25) is 0 Å². The molecule has 0 aliphatic heterocycles. The molecule has 0 radical (unpaired) electrons. The second kappa shape index (κ2) is 6.56. The van der Waals surface area contributed by atoms with Gasteiger partial charge in [0.05, 0.1) is 16.1 Å². The summed E-state index contributed by atoms with van der Waals surface area (Å²) in [6, 6.07) is 5.49. The minimum atomic E-state index is -0.577. The van der Waals surface area contributed by atoms with Gasteiger partial charge in [0, 0.05) is 24.6 Å². The molecular formula is C17H14FN3O3S. The number of anilines is 1. The quantitative estimate of drug-likeness (QED) is 0.726. The summed E-state index contributed by atoms with van der Waals surface area (Å²) in [5.41, 5.74) is 0.311. The van der Waals surface area contributed by atoms with Gasteiger partial charge in [-0.05, 0) is 19.1 Å². The van der Waals surface area contributed by atoms with Gasteiger partial charge in [0.15, 0.2) is 16.3 Å². The second-order valence-electron chi connectivity index (χ2n) is 5.48. The lowest BCUT2D eigenvalue weighted by Gasteiger charge is -2.10. The number of benzene rings is 1. The van der Waals surface area contributed by atoms with Gasteiger partial charge < -0.3 is 9.88 Å². The summed E-state index contributed by atoms with van der Waals surface area (Å²) in [5, 5.41) is 3.11. The number of thiazole rings is 1. The number of fused-ring (bicyclic) bond motifs is 1. The van der Waals surface area contributed by atoms with Gasteiger partial charge >= 0.3 is 0 Å². The van der Waals surface area contributed by atoms with Gasteiger partial charge in [0.2, 0.25) is 5.91 Å². The molecule has 0 atom stereocenters. The molecular weight excluding hydrogens is 345 g/mol. The van der Waals surface area contributed by atoms with E-state index in [1.54, 1.807) is 6.92 Å². The number of aromatic nitrogens is 2. The minimum Gasteiger partial charge on any atom is -0.335 e. The van der Waals surface area contributed by atoms with Crippen LogP contribution in [-0.2, 0) is 11.3 Å². The van der Waals surface area contributed by atoms with Crippen LogP contribution in [0.25, 0.3) is 10.9 Å². The molecule has 0 bridgehead atoms. The molecule has 3 aromatic rings. The summed E-state index contributed by atoms with van der Waals surface area (Å²) < 4.78 is 15.5. The molecule has 0 fully saturated rings. The second-order valence-corrected chi connectivity index (χ2v) is 6.48. The van der Waals surface area contributed by atoms with Crippen molar-refractivity contribution in [2.45, 2.75) is 20.4 Å². The number of ketones is 1. The summed E-state index contributed by atoms with van der Waals surface area (Å²) in [4.78, 5) is 40.2. The van der Waals surface area contributed by atoms with E-state index >= 15 is 0 Å². The first kappa shape index (κ1) is 17.0. The maximum atomic E-state index is 14.1. The van der Waals surface area contributed by atoms with E-state index in [2.05, 4.69) is 10.3 Å². The molecule has 0 saturated heterocycles. The standard InChI is InChI=1S/C17H14FN3O3S/c1-9-16(10(2)22)25-17(19-9)20-14(24)8-21-7-6-13(23)11-4-3-5-12(18)15(11)21/h3-7H,8H2,1-2H3,(H,19,20,24). The molecule has 6 nitrogen and oxygen atoms in total. The van der Waals surface area contributed by atoms with Crippen molar-refractivity contribution >= 4 is 39.1 Å². The molecule has 128 valence electrons. The average molecular weight is 359 g/mol. The van der Waals surface area contributed by atoms with Crippen LogP contribution in [0, 0.1) is 12.7 Å². The van der Waals surface area contributed by atoms with E-state index in [9.17, 15) is 18.8 Å². The average Bonchev–Trinajstić information content (AvgIpc) is 2.91. The third-order valence-electron chi connectivity index (χ3n) is 3.62. The SMILES string of the molecule is CC(=O)c1sc(NC(=O)Cn2ccc(=O)c3cccc(F)c32)nc1C. The zero-order valence-electron chi connectivity index (χ0n) is 13.5. The van der Waals surface area contributed by atoms with Gasteiger partial charge in [-0.3, -0.25) is 14.4 Å². The smallest absolute Gasteiger partial charge is 0.246 e. The largest absolute Gasteiger partial charge is 0.335 e. The normalized spacial score (nSPS) is 10.8. The van der Waals surface area contributed by atoms with Crippen molar-refractivity contribution in [3.8, 4) is 0 Å². The Bertz CT molecular complexity index is 1050. The summed E-state index contributed by atoms with van der Waals surface area (Å²) >= 11 is 1.09. The molecule has 2 aromatic heterocycles. The Morgan fingerprint density at radius 3 is 2.76 bits per heavy atom. The summed E-state index contributed by atoms with van der Waals surface area (Å²) in [7, 11) is 0. The van der Waals surface area contributed by atoms with Crippen molar-refractivity contribution in [3.05, 3.63) is 57.1 Å². The van der Waals surface area contributed by atoms with Crippen LogP contribution in [0.5, 0.6) is 0 Å². The predicted octanol–water partition coefficient (Wildman–Crippen LogP) is 2.75. The number of halogens is 1. The van der Waals surface area contributed by atoms with E-state index in [4.69, 9.17) is 0 Å². The number of nitrogens with one attached hydrogen (secondary N) is 1. The molecule has 3 rings (SSSR count). The molecule has 2 heterocycles. The third-order valence-corrected chi connectivity index (χ3v) is 4.80. The van der Waals surface area contributed by atoms with Gasteiger partial charge in [-0.1, -0.05) is 17.4 Å². The highest BCUT2D eigenvalue weighted by atomic mass is 32.1. The summed E-state index contributed by atoms with van der Waals surface area (Å²) in [6.45, 7) is 2.93. The summed E-state index contributed by atoms with van der Waals surface area (Å²) in [5.74, 6) is -1.13. The number of carbonyl (C=O) groups excluding carboxylic acids is 2. The van der Waals surface area contributed by atoms with Crippen molar-refractivity contribution in [1.82, 2.24) is 9.55 Å². The van der Waals surface area contributed by atoms with Crippen LogP contribution in [0.15, 0.2) is 35.3 Å². The monoisotopic (exact) mass is 359 g/mol. The maximum absolute atomic E-state index is 14.1. The number of hydrogen-bond acceptors (Lipinski definition) is 5. The molecule has 0 spiro atoms. The highest BCUT2D eigenvalue weighted by Crippen LogP contribution is 2.23. The maximum Gasteiger partial charge on any atom is 0.246 e. The lowest BCUT2D eigenvalue weighted by molar-refractivity contribution is -0.116. The van der Waals surface area contributed by atoms with Crippen LogP contribution in [0.4, 0.5) is 9.52 Å². The van der Waals surface area contributed by atoms with Gasteiger partial charge in [0.1, 0.15) is 12.4 Å². The van der Waals surface area contributed by atoms with Crippen LogP contribution in [-0.4, -0.2) is 21.2 Å². The van der Waals surface area contributed by atoms with Crippen molar-refractivity contribution in [2.75, 3.05) is 5.32 Å². The number of carbonyl (C=O) groups is 2. The van der Waals surface area contributed by atoms with Crippen molar-refractivity contribution in [1.29, 1.82) is 0 Å². The molecule has 0 saturated carbocycles. The molecule has 1 amide bonds. The fraction of sp³-hybridized carbons (Fsp3) is 0.176. The Balaban J connectivity index is 1.88. The molecule has 1 aromatic carbocycles. The van der Waals surface area contributed by atoms with Gasteiger partial charge in [-0.25, -0.2) is 9.37 Å². The molecule has 8 heteroatoms. The Morgan fingerprint density at radius 1 is 1.32 bits per heavy atom. The fourth-order valence-corrected chi connectivity index (χ4v) is 3.43. The first-order chi connectivity index (χ1) is 11.9. The zero-order chi connectivity index (χ0) is 18.1. The number of pyridine rings is 1. The number of nitrogens with zero attached hydrogens (tertiary/aromatic N) is 2. The number of hydrogen-bond donors (Lipinski definition) is 1. The van der Waals surface area contributed by atoms with Gasteiger partial charge in [-0.15, -0.1) is 0 Å². The molecule has 25 heavy (non-hydrogen) atoms. The van der Waals surface area contributed by atoms with E-state index in [1.165, 1.54) is 42.0 Å². The third kappa shape index (κ3) is 3.34. The number of para-hydroxylation sites is 1. The van der Waals surface area contributed by atoms with Crippen LogP contribution >= 0.6 is 11.3 Å². The van der Waals surface area contributed by atoms with E-state index < -0.39 is 11.7 Å².